The molecule has 5 nitrogen and oxygen atoms in total. The number of aliphatic imine (C=N–C) groups is 1. The first-order chi connectivity index (χ1) is 10.8. The minimum atomic E-state index is -0.0819. The lowest BCUT2D eigenvalue weighted by Crippen LogP contribution is -2.34. The van der Waals surface area contributed by atoms with E-state index in [4.69, 9.17) is 4.74 Å². The van der Waals surface area contributed by atoms with Crippen molar-refractivity contribution >= 4 is 12.3 Å². The van der Waals surface area contributed by atoms with Crippen LogP contribution in [0.5, 0.6) is 0 Å². The lowest BCUT2D eigenvalue weighted by atomic mass is 10.1. The van der Waals surface area contributed by atoms with E-state index in [0.29, 0.717) is 13.0 Å². The van der Waals surface area contributed by atoms with Gasteiger partial charge in [-0.05, 0) is 25.3 Å². The third kappa shape index (κ3) is 5.48. The van der Waals surface area contributed by atoms with Crippen LogP contribution in [0.3, 0.4) is 0 Å². The molecule has 1 N–H and O–H groups in total. The minimum Gasteiger partial charge on any atom is -0.466 e. The van der Waals surface area contributed by atoms with Gasteiger partial charge in [-0.2, -0.15) is 0 Å². The SMILES string of the molecule is CCOC(=O)CCCCCCN1C=NC(c2ccccc2)N1. The Balaban J connectivity index is 1.54. The predicted molar refractivity (Wildman–Crippen MR) is 87.2 cm³/mol. The zero-order chi connectivity index (χ0) is 15.6. The first kappa shape index (κ1) is 16.5. The molecule has 1 heterocycles. The molecule has 0 spiro atoms. The number of hydrogen-bond acceptors (Lipinski definition) is 5. The average Bonchev–Trinajstić information content (AvgIpc) is 3.01. The second-order valence-electron chi connectivity index (χ2n) is 5.37. The van der Waals surface area contributed by atoms with Crippen molar-refractivity contribution in [3.05, 3.63) is 35.9 Å². The number of hydrogen-bond donors (Lipinski definition) is 1. The van der Waals surface area contributed by atoms with Crippen molar-refractivity contribution in [2.75, 3.05) is 13.2 Å². The largest absolute Gasteiger partial charge is 0.466 e. The molecule has 1 aliphatic heterocycles. The Bertz CT molecular complexity index is 476. The van der Waals surface area contributed by atoms with Crippen molar-refractivity contribution in [1.82, 2.24) is 10.4 Å². The number of nitrogens with zero attached hydrogens (tertiary/aromatic N) is 2. The Hall–Kier alpha value is -1.88. The summed E-state index contributed by atoms with van der Waals surface area (Å²) in [5, 5.41) is 2.04. The fourth-order valence-corrected chi connectivity index (χ4v) is 2.43. The van der Waals surface area contributed by atoms with Crippen LogP contribution in [0.2, 0.25) is 0 Å². The second-order valence-corrected chi connectivity index (χ2v) is 5.37. The predicted octanol–water partition coefficient (Wildman–Crippen LogP) is 3.05. The highest BCUT2D eigenvalue weighted by atomic mass is 16.5. The average molecular weight is 303 g/mol. The van der Waals surface area contributed by atoms with Gasteiger partial charge in [-0.3, -0.25) is 9.80 Å². The maximum atomic E-state index is 11.2. The van der Waals surface area contributed by atoms with Crippen molar-refractivity contribution in [1.29, 1.82) is 0 Å². The highest BCUT2D eigenvalue weighted by molar-refractivity contribution is 5.69. The maximum absolute atomic E-state index is 11.2. The molecule has 0 amide bonds. The van der Waals surface area contributed by atoms with Crippen LogP contribution in [-0.4, -0.2) is 30.5 Å². The highest BCUT2D eigenvalue weighted by Crippen LogP contribution is 2.17. The highest BCUT2D eigenvalue weighted by Gasteiger charge is 2.16. The Labute approximate surface area is 132 Å². The van der Waals surface area contributed by atoms with Crippen molar-refractivity contribution in [2.45, 2.75) is 45.2 Å². The van der Waals surface area contributed by atoms with E-state index < -0.39 is 0 Å². The summed E-state index contributed by atoms with van der Waals surface area (Å²) in [7, 11) is 0. The molecular weight excluding hydrogens is 278 g/mol. The van der Waals surface area contributed by atoms with Crippen molar-refractivity contribution in [3.8, 4) is 0 Å². The molecule has 22 heavy (non-hydrogen) atoms. The Morgan fingerprint density at radius 2 is 2.00 bits per heavy atom. The molecular formula is C17H25N3O2. The Kier molecular flexibility index (Phi) is 6.90. The van der Waals surface area contributed by atoms with E-state index in [9.17, 15) is 4.79 Å². The number of nitrogens with one attached hydrogen (secondary N) is 1. The summed E-state index contributed by atoms with van der Waals surface area (Å²) < 4.78 is 4.91. The summed E-state index contributed by atoms with van der Waals surface area (Å²) >= 11 is 0. The van der Waals surface area contributed by atoms with Crippen LogP contribution in [0.15, 0.2) is 35.3 Å². The van der Waals surface area contributed by atoms with Gasteiger partial charge in [0.05, 0.1) is 6.61 Å². The van der Waals surface area contributed by atoms with E-state index in [1.54, 1.807) is 0 Å². The van der Waals surface area contributed by atoms with Crippen LogP contribution in [0.25, 0.3) is 0 Å². The minimum absolute atomic E-state index is 0.0324. The van der Waals surface area contributed by atoms with Gasteiger partial charge >= 0.3 is 5.97 Å². The van der Waals surface area contributed by atoms with Gasteiger partial charge in [0.2, 0.25) is 0 Å². The van der Waals surface area contributed by atoms with Crippen LogP contribution >= 0.6 is 0 Å². The molecule has 0 aromatic heterocycles. The lowest BCUT2D eigenvalue weighted by Gasteiger charge is -2.17. The maximum Gasteiger partial charge on any atom is 0.305 e. The van der Waals surface area contributed by atoms with Crippen LogP contribution < -0.4 is 5.43 Å². The number of esters is 1. The van der Waals surface area contributed by atoms with E-state index in [2.05, 4.69) is 22.6 Å². The van der Waals surface area contributed by atoms with Crippen molar-refractivity contribution < 1.29 is 9.53 Å². The number of hydrazine groups is 1. The van der Waals surface area contributed by atoms with Crippen LogP contribution in [0.1, 0.15) is 50.8 Å². The molecule has 2 rings (SSSR count). The molecule has 0 radical (unpaired) electrons. The zero-order valence-electron chi connectivity index (χ0n) is 13.2. The van der Waals surface area contributed by atoms with E-state index in [0.717, 1.165) is 32.2 Å². The molecule has 0 saturated heterocycles. The number of ether oxygens (including phenoxy) is 1. The second kappa shape index (κ2) is 9.20. The smallest absolute Gasteiger partial charge is 0.305 e. The normalized spacial score (nSPS) is 17.0. The van der Waals surface area contributed by atoms with E-state index in [-0.39, 0.29) is 12.1 Å². The van der Waals surface area contributed by atoms with Gasteiger partial charge in [0.15, 0.2) is 0 Å². The molecule has 1 aromatic rings. The molecule has 0 fully saturated rings. The van der Waals surface area contributed by atoms with Gasteiger partial charge in [-0.25, -0.2) is 10.4 Å². The van der Waals surface area contributed by atoms with Crippen molar-refractivity contribution in [3.63, 3.8) is 0 Å². The van der Waals surface area contributed by atoms with Crippen LogP contribution in [0, 0.1) is 0 Å². The molecule has 0 saturated carbocycles. The van der Waals surface area contributed by atoms with Gasteiger partial charge < -0.3 is 4.74 Å². The number of rotatable bonds is 9. The molecule has 1 unspecified atom stereocenters. The number of unbranched alkanes of at least 4 members (excludes halogenated alkanes) is 3. The van der Waals surface area contributed by atoms with Gasteiger partial charge in [-0.1, -0.05) is 43.2 Å². The standard InChI is InChI=1S/C17H25N3O2/c1-2-22-16(21)12-8-3-4-9-13-20-14-18-17(19-20)15-10-6-5-7-11-15/h5-7,10-11,14,17,19H,2-4,8-9,12-13H2,1H3. The topological polar surface area (TPSA) is 53.9 Å². The molecule has 0 aliphatic carbocycles. The molecule has 1 aliphatic rings. The summed E-state index contributed by atoms with van der Waals surface area (Å²) in [5.41, 5.74) is 4.55. The Morgan fingerprint density at radius 1 is 1.23 bits per heavy atom. The van der Waals surface area contributed by atoms with Gasteiger partial charge in [0, 0.05) is 13.0 Å². The first-order valence-corrected chi connectivity index (χ1v) is 8.06. The van der Waals surface area contributed by atoms with E-state index in [1.807, 2.05) is 36.5 Å². The number of carbonyl (C=O) groups is 1. The zero-order valence-corrected chi connectivity index (χ0v) is 13.2. The summed E-state index contributed by atoms with van der Waals surface area (Å²) in [6.45, 7) is 3.25. The Morgan fingerprint density at radius 3 is 2.77 bits per heavy atom. The fraction of sp³-hybridized carbons (Fsp3) is 0.529. The molecule has 1 atom stereocenters. The molecule has 5 heteroatoms. The third-order valence-electron chi connectivity index (χ3n) is 3.59. The van der Waals surface area contributed by atoms with Crippen molar-refractivity contribution in [2.24, 2.45) is 4.99 Å². The van der Waals surface area contributed by atoms with Gasteiger partial charge in [-0.15, -0.1) is 0 Å². The summed E-state index contributed by atoms with van der Waals surface area (Å²) in [6, 6.07) is 10.2. The number of benzene rings is 1. The van der Waals surface area contributed by atoms with E-state index >= 15 is 0 Å². The number of carbonyl (C=O) groups excluding carboxylic acids is 1. The van der Waals surface area contributed by atoms with Gasteiger partial charge in [0.25, 0.3) is 0 Å². The van der Waals surface area contributed by atoms with E-state index in [1.165, 1.54) is 5.56 Å². The third-order valence-corrected chi connectivity index (χ3v) is 3.59. The molecule has 1 aromatic carbocycles. The summed E-state index contributed by atoms with van der Waals surface area (Å²) in [4.78, 5) is 15.7. The lowest BCUT2D eigenvalue weighted by molar-refractivity contribution is -0.143. The summed E-state index contributed by atoms with van der Waals surface area (Å²) in [5.74, 6) is -0.0819. The van der Waals surface area contributed by atoms with Gasteiger partial charge in [0.1, 0.15) is 12.5 Å². The molecule has 0 bridgehead atoms. The summed E-state index contributed by atoms with van der Waals surface area (Å²) in [6.07, 6.45) is 6.61. The first-order valence-electron chi connectivity index (χ1n) is 8.06. The monoisotopic (exact) mass is 303 g/mol. The van der Waals surface area contributed by atoms with Crippen LogP contribution in [-0.2, 0) is 9.53 Å². The molecule has 120 valence electrons. The van der Waals surface area contributed by atoms with Crippen LogP contribution in [0.4, 0.5) is 0 Å². The quantitative estimate of drug-likeness (QED) is 0.563. The fourth-order valence-electron chi connectivity index (χ4n) is 2.43.